The van der Waals surface area contributed by atoms with E-state index in [9.17, 15) is 17.6 Å². The summed E-state index contributed by atoms with van der Waals surface area (Å²) in [7, 11) is 0. The van der Waals surface area contributed by atoms with Crippen LogP contribution in [0.4, 0.5) is 17.6 Å². The van der Waals surface area contributed by atoms with Gasteiger partial charge < -0.3 is 10.5 Å². The lowest BCUT2D eigenvalue weighted by molar-refractivity contribution is -0.276. The van der Waals surface area contributed by atoms with E-state index in [4.69, 9.17) is 5.73 Å². The molecule has 0 spiro atoms. The van der Waals surface area contributed by atoms with Gasteiger partial charge in [0.25, 0.3) is 0 Å². The normalized spacial score (nSPS) is 11.6. The van der Waals surface area contributed by atoms with E-state index in [-0.39, 0.29) is 16.6 Å². The van der Waals surface area contributed by atoms with E-state index >= 15 is 0 Å². The Morgan fingerprint density at radius 2 is 2.07 bits per heavy atom. The summed E-state index contributed by atoms with van der Waals surface area (Å²) in [4.78, 5) is 3.17. The van der Waals surface area contributed by atoms with Crippen molar-refractivity contribution in [3.8, 4) is 5.88 Å². The third kappa shape index (κ3) is 3.03. The second-order valence-corrected chi connectivity index (χ2v) is 3.25. The Hall–Kier alpha value is -0.890. The number of hydrogen-bond acceptors (Lipinski definition) is 3. The van der Waals surface area contributed by atoms with Gasteiger partial charge in [-0.1, -0.05) is 0 Å². The lowest BCUT2D eigenvalue weighted by Crippen LogP contribution is -2.20. The van der Waals surface area contributed by atoms with Gasteiger partial charge in [0.05, 0.1) is 10.7 Å². The van der Waals surface area contributed by atoms with Gasteiger partial charge in [-0.3, -0.25) is 0 Å². The lowest BCUT2D eigenvalue weighted by Gasteiger charge is -2.12. The van der Waals surface area contributed by atoms with Crippen LogP contribution in [0.2, 0.25) is 0 Å². The summed E-state index contributed by atoms with van der Waals surface area (Å²) in [6.07, 6.45) is -4.27. The van der Waals surface area contributed by atoms with Crippen molar-refractivity contribution < 1.29 is 22.3 Å². The number of hydrogen-bond donors (Lipinski definition) is 1. The second-order valence-electron chi connectivity index (χ2n) is 2.46. The molecule has 0 aromatic carbocycles. The second kappa shape index (κ2) is 4.31. The molecule has 0 unspecified atom stereocenters. The Morgan fingerprint density at radius 3 is 2.53 bits per heavy atom. The quantitative estimate of drug-likeness (QED) is 0.850. The van der Waals surface area contributed by atoms with Crippen molar-refractivity contribution in [2.45, 2.75) is 12.9 Å². The molecule has 2 N–H and O–H groups in total. The van der Waals surface area contributed by atoms with E-state index in [0.717, 1.165) is 0 Å². The Bertz CT molecular complexity index is 369. The molecule has 1 rings (SSSR count). The molecule has 1 heterocycles. The van der Waals surface area contributed by atoms with Gasteiger partial charge in [0.1, 0.15) is 0 Å². The zero-order valence-electron chi connectivity index (χ0n) is 7.11. The maximum absolute atomic E-state index is 12.9. The van der Waals surface area contributed by atoms with Crippen molar-refractivity contribution in [1.82, 2.24) is 4.98 Å². The molecular weight excluding hydrogens is 284 g/mol. The molecule has 0 amide bonds. The number of ether oxygens (including phenoxy) is 1. The molecule has 1 aromatic heterocycles. The van der Waals surface area contributed by atoms with Crippen molar-refractivity contribution in [2.24, 2.45) is 5.73 Å². The fraction of sp³-hybridized carbons (Fsp3) is 0.286. The van der Waals surface area contributed by atoms with Crippen molar-refractivity contribution in [2.75, 3.05) is 0 Å². The number of rotatable bonds is 2. The summed E-state index contributed by atoms with van der Waals surface area (Å²) in [6.45, 7) is -0.323. The predicted octanol–water partition coefficient (Wildman–Crippen LogP) is 2.34. The highest BCUT2D eigenvalue weighted by Gasteiger charge is 2.33. The van der Waals surface area contributed by atoms with Crippen LogP contribution in [0.15, 0.2) is 10.7 Å². The maximum atomic E-state index is 12.9. The molecule has 0 fully saturated rings. The third-order valence-electron chi connectivity index (χ3n) is 1.44. The molecule has 0 aliphatic heterocycles. The highest BCUT2D eigenvalue weighted by atomic mass is 79.9. The first-order valence-corrected chi connectivity index (χ1v) is 4.43. The van der Waals surface area contributed by atoms with Gasteiger partial charge in [0.2, 0.25) is 5.88 Å². The summed E-state index contributed by atoms with van der Waals surface area (Å²) in [5.74, 6) is -1.55. The zero-order chi connectivity index (χ0) is 11.6. The first-order valence-electron chi connectivity index (χ1n) is 3.64. The highest BCUT2D eigenvalue weighted by molar-refractivity contribution is 9.10. The maximum Gasteiger partial charge on any atom is 0.574 e. The molecule has 3 nitrogen and oxygen atoms in total. The van der Waals surface area contributed by atoms with Crippen molar-refractivity contribution in [1.29, 1.82) is 0 Å². The lowest BCUT2D eigenvalue weighted by atomic mass is 10.2. The molecule has 8 heteroatoms. The molecule has 0 bridgehead atoms. The van der Waals surface area contributed by atoms with Gasteiger partial charge in [-0.25, -0.2) is 9.37 Å². The van der Waals surface area contributed by atoms with Crippen LogP contribution >= 0.6 is 15.9 Å². The van der Waals surface area contributed by atoms with Crippen LogP contribution in [-0.2, 0) is 6.54 Å². The van der Waals surface area contributed by atoms with Gasteiger partial charge in [-0.05, 0) is 15.9 Å². The van der Waals surface area contributed by atoms with Gasteiger partial charge in [0.15, 0.2) is 5.82 Å². The van der Waals surface area contributed by atoms with Gasteiger partial charge in [-0.15, -0.1) is 13.2 Å². The molecular formula is C7H5BrF4N2O. The monoisotopic (exact) mass is 288 g/mol. The number of pyridine rings is 1. The first kappa shape index (κ1) is 12.2. The Morgan fingerprint density at radius 1 is 1.47 bits per heavy atom. The largest absolute Gasteiger partial charge is 0.574 e. The van der Waals surface area contributed by atoms with E-state index in [1.807, 2.05) is 0 Å². The van der Waals surface area contributed by atoms with Crippen LogP contribution in [0.3, 0.4) is 0 Å². The zero-order valence-corrected chi connectivity index (χ0v) is 8.69. The average molecular weight is 289 g/mol. The third-order valence-corrected chi connectivity index (χ3v) is 2.30. The average Bonchev–Trinajstić information content (AvgIpc) is 2.10. The smallest absolute Gasteiger partial charge is 0.387 e. The molecule has 1 aromatic rings. The number of alkyl halides is 3. The Balaban J connectivity index is 3.14. The Labute approximate surface area is 90.4 Å². The van der Waals surface area contributed by atoms with Crippen LogP contribution < -0.4 is 10.5 Å². The molecule has 0 aliphatic carbocycles. The van der Waals surface area contributed by atoms with E-state index in [0.29, 0.717) is 6.20 Å². The summed E-state index contributed by atoms with van der Waals surface area (Å²) in [5, 5.41) is 0. The van der Waals surface area contributed by atoms with Crippen molar-refractivity contribution in [3.63, 3.8) is 0 Å². The van der Waals surface area contributed by atoms with E-state index < -0.39 is 18.1 Å². The molecule has 0 radical (unpaired) electrons. The predicted molar refractivity (Wildman–Crippen MR) is 46.5 cm³/mol. The summed E-state index contributed by atoms with van der Waals surface area (Å²) in [5.41, 5.74) is 4.98. The van der Waals surface area contributed by atoms with Gasteiger partial charge >= 0.3 is 6.36 Å². The van der Waals surface area contributed by atoms with E-state index in [2.05, 4.69) is 25.7 Å². The molecule has 0 saturated heterocycles. The van der Waals surface area contributed by atoms with Crippen LogP contribution in [-0.4, -0.2) is 11.3 Å². The molecule has 0 aliphatic rings. The van der Waals surface area contributed by atoms with E-state index in [1.54, 1.807) is 0 Å². The minimum absolute atomic E-state index is 0.174. The topological polar surface area (TPSA) is 48.1 Å². The molecule has 0 saturated carbocycles. The van der Waals surface area contributed by atoms with Crippen LogP contribution in [0.25, 0.3) is 0 Å². The minimum atomic E-state index is -4.88. The minimum Gasteiger partial charge on any atom is -0.387 e. The van der Waals surface area contributed by atoms with Crippen LogP contribution in [0.5, 0.6) is 5.88 Å². The summed E-state index contributed by atoms with van der Waals surface area (Å²) in [6, 6.07) is 0. The fourth-order valence-corrected chi connectivity index (χ4v) is 1.30. The molecule has 84 valence electrons. The Kier molecular flexibility index (Phi) is 3.50. The molecule has 0 atom stereocenters. The summed E-state index contributed by atoms with van der Waals surface area (Å²) >= 11 is 2.76. The fourth-order valence-electron chi connectivity index (χ4n) is 0.862. The van der Waals surface area contributed by atoms with Gasteiger partial charge in [-0.2, -0.15) is 0 Å². The molecule has 15 heavy (non-hydrogen) atoms. The highest BCUT2D eigenvalue weighted by Crippen LogP contribution is 2.30. The summed E-state index contributed by atoms with van der Waals surface area (Å²) < 4.78 is 51.9. The standard InChI is InChI=1S/C7H5BrF4N2O/c8-5-3(1-13)6(14-2-4(5)9)15-7(10,11)12/h2H,1,13H2. The van der Waals surface area contributed by atoms with E-state index in [1.165, 1.54) is 0 Å². The number of aromatic nitrogens is 1. The van der Waals surface area contributed by atoms with Gasteiger partial charge in [0, 0.05) is 12.1 Å². The van der Waals surface area contributed by atoms with Crippen LogP contribution in [0.1, 0.15) is 5.56 Å². The van der Waals surface area contributed by atoms with Crippen molar-refractivity contribution >= 4 is 15.9 Å². The number of nitrogens with zero attached hydrogens (tertiary/aromatic N) is 1. The van der Waals surface area contributed by atoms with Crippen LogP contribution in [0, 0.1) is 5.82 Å². The number of halogens is 5. The first-order chi connectivity index (χ1) is 6.85. The van der Waals surface area contributed by atoms with Crippen molar-refractivity contribution in [3.05, 3.63) is 22.1 Å². The number of nitrogens with two attached hydrogens (primary N) is 1. The SMILES string of the molecule is NCc1c(OC(F)(F)F)ncc(F)c1Br.